The van der Waals surface area contributed by atoms with Gasteiger partial charge in [0, 0.05) is 6.54 Å². The SMILES string of the molecule is CCC(C)(C(=O)O)N(C)CC1CCCCC1. The maximum absolute atomic E-state index is 11.3. The molecule has 0 aromatic rings. The summed E-state index contributed by atoms with van der Waals surface area (Å²) in [6.45, 7) is 4.71. The van der Waals surface area contributed by atoms with Gasteiger partial charge in [0.2, 0.25) is 0 Å². The minimum atomic E-state index is -0.701. The van der Waals surface area contributed by atoms with E-state index in [2.05, 4.69) is 0 Å². The molecule has 3 nitrogen and oxygen atoms in total. The van der Waals surface area contributed by atoms with E-state index < -0.39 is 11.5 Å². The van der Waals surface area contributed by atoms with Crippen molar-refractivity contribution in [2.45, 2.75) is 57.9 Å². The first-order chi connectivity index (χ1) is 7.50. The van der Waals surface area contributed by atoms with Gasteiger partial charge in [-0.2, -0.15) is 0 Å². The Labute approximate surface area is 98.8 Å². The molecule has 94 valence electrons. The van der Waals surface area contributed by atoms with Gasteiger partial charge in [-0.15, -0.1) is 0 Å². The molecule has 1 saturated carbocycles. The molecular weight excluding hydrogens is 202 g/mol. The van der Waals surface area contributed by atoms with E-state index in [0.29, 0.717) is 12.3 Å². The van der Waals surface area contributed by atoms with E-state index in [9.17, 15) is 9.90 Å². The predicted molar refractivity (Wildman–Crippen MR) is 65.5 cm³/mol. The highest BCUT2D eigenvalue weighted by Crippen LogP contribution is 2.27. The van der Waals surface area contributed by atoms with Crippen LogP contribution >= 0.6 is 0 Å². The van der Waals surface area contributed by atoms with Crippen LogP contribution in [0.4, 0.5) is 0 Å². The van der Waals surface area contributed by atoms with Crippen LogP contribution < -0.4 is 0 Å². The standard InChI is InChI=1S/C13H25NO2/c1-4-13(2,12(15)16)14(3)10-11-8-6-5-7-9-11/h11H,4-10H2,1-3H3,(H,15,16). The summed E-state index contributed by atoms with van der Waals surface area (Å²) in [5, 5.41) is 9.29. The van der Waals surface area contributed by atoms with Gasteiger partial charge < -0.3 is 5.11 Å². The van der Waals surface area contributed by atoms with Crippen molar-refractivity contribution in [3.63, 3.8) is 0 Å². The molecule has 1 atom stereocenters. The van der Waals surface area contributed by atoms with Crippen molar-refractivity contribution in [2.24, 2.45) is 5.92 Å². The fourth-order valence-corrected chi connectivity index (χ4v) is 2.54. The maximum atomic E-state index is 11.3. The molecule has 0 bridgehead atoms. The minimum Gasteiger partial charge on any atom is -0.480 e. The highest BCUT2D eigenvalue weighted by molar-refractivity contribution is 5.78. The van der Waals surface area contributed by atoms with Gasteiger partial charge in [0.25, 0.3) is 0 Å². The number of hydrogen-bond donors (Lipinski definition) is 1. The van der Waals surface area contributed by atoms with Crippen LogP contribution in [0.15, 0.2) is 0 Å². The normalized spacial score (nSPS) is 22.0. The first kappa shape index (κ1) is 13.5. The lowest BCUT2D eigenvalue weighted by Gasteiger charge is -2.37. The molecular formula is C13H25NO2. The molecule has 0 spiro atoms. The summed E-state index contributed by atoms with van der Waals surface area (Å²) in [5.41, 5.74) is -0.697. The van der Waals surface area contributed by atoms with Gasteiger partial charge in [0.15, 0.2) is 0 Å². The molecule has 1 unspecified atom stereocenters. The third kappa shape index (κ3) is 2.97. The third-order valence-electron chi connectivity index (χ3n) is 4.25. The molecule has 16 heavy (non-hydrogen) atoms. The Morgan fingerprint density at radius 3 is 2.38 bits per heavy atom. The van der Waals surface area contributed by atoms with Gasteiger partial charge in [-0.1, -0.05) is 26.2 Å². The second-order valence-electron chi connectivity index (χ2n) is 5.32. The lowest BCUT2D eigenvalue weighted by molar-refractivity contribution is -0.150. The number of hydrogen-bond acceptors (Lipinski definition) is 2. The Morgan fingerprint density at radius 1 is 1.38 bits per heavy atom. The van der Waals surface area contributed by atoms with Gasteiger partial charge in [0.1, 0.15) is 5.54 Å². The van der Waals surface area contributed by atoms with Gasteiger partial charge in [0.05, 0.1) is 0 Å². The molecule has 0 aliphatic heterocycles. The molecule has 0 heterocycles. The molecule has 1 aliphatic rings. The zero-order valence-electron chi connectivity index (χ0n) is 10.8. The molecule has 0 saturated heterocycles. The number of carbonyl (C=O) groups is 1. The van der Waals surface area contributed by atoms with Gasteiger partial charge >= 0.3 is 5.97 Å². The summed E-state index contributed by atoms with van der Waals surface area (Å²) in [7, 11) is 1.95. The molecule has 1 rings (SSSR count). The van der Waals surface area contributed by atoms with E-state index >= 15 is 0 Å². The van der Waals surface area contributed by atoms with Crippen LogP contribution in [0.5, 0.6) is 0 Å². The summed E-state index contributed by atoms with van der Waals surface area (Å²) in [4.78, 5) is 13.3. The Bertz CT molecular complexity index is 236. The smallest absolute Gasteiger partial charge is 0.323 e. The lowest BCUT2D eigenvalue weighted by atomic mass is 9.87. The van der Waals surface area contributed by atoms with Crippen molar-refractivity contribution < 1.29 is 9.90 Å². The largest absolute Gasteiger partial charge is 0.480 e. The first-order valence-electron chi connectivity index (χ1n) is 6.45. The van der Waals surface area contributed by atoms with Crippen molar-refractivity contribution in [1.29, 1.82) is 0 Å². The summed E-state index contributed by atoms with van der Waals surface area (Å²) < 4.78 is 0. The second kappa shape index (κ2) is 5.67. The van der Waals surface area contributed by atoms with Crippen LogP contribution in [-0.2, 0) is 4.79 Å². The second-order valence-corrected chi connectivity index (χ2v) is 5.32. The quantitative estimate of drug-likeness (QED) is 0.785. The first-order valence-corrected chi connectivity index (χ1v) is 6.45. The number of rotatable bonds is 5. The van der Waals surface area contributed by atoms with Crippen molar-refractivity contribution in [1.82, 2.24) is 4.90 Å². The van der Waals surface area contributed by atoms with E-state index in [0.717, 1.165) is 6.54 Å². The van der Waals surface area contributed by atoms with Crippen LogP contribution in [0.2, 0.25) is 0 Å². The highest BCUT2D eigenvalue weighted by atomic mass is 16.4. The van der Waals surface area contributed by atoms with Crippen LogP contribution in [0.3, 0.4) is 0 Å². The van der Waals surface area contributed by atoms with Crippen molar-refractivity contribution in [2.75, 3.05) is 13.6 Å². The molecule has 0 aromatic heterocycles. The Kier molecular flexibility index (Phi) is 4.78. The fourth-order valence-electron chi connectivity index (χ4n) is 2.54. The predicted octanol–water partition coefficient (Wildman–Crippen LogP) is 2.75. The number of aliphatic carboxylic acids is 1. The molecule has 0 radical (unpaired) electrons. The van der Waals surface area contributed by atoms with E-state index in [1.54, 1.807) is 0 Å². The average Bonchev–Trinajstić information content (AvgIpc) is 2.28. The third-order valence-corrected chi connectivity index (χ3v) is 4.25. The Morgan fingerprint density at radius 2 is 1.94 bits per heavy atom. The summed E-state index contributed by atoms with van der Waals surface area (Å²) in [6, 6.07) is 0. The molecule has 1 N–H and O–H groups in total. The van der Waals surface area contributed by atoms with Gasteiger partial charge in [-0.25, -0.2) is 0 Å². The topological polar surface area (TPSA) is 40.5 Å². The Hall–Kier alpha value is -0.570. The van der Waals surface area contributed by atoms with E-state index in [1.165, 1.54) is 32.1 Å². The summed E-state index contributed by atoms with van der Waals surface area (Å²) in [5.74, 6) is -0.00251. The maximum Gasteiger partial charge on any atom is 0.323 e. The summed E-state index contributed by atoms with van der Waals surface area (Å²) >= 11 is 0. The van der Waals surface area contributed by atoms with E-state index in [1.807, 2.05) is 25.8 Å². The van der Waals surface area contributed by atoms with E-state index in [-0.39, 0.29) is 0 Å². The van der Waals surface area contributed by atoms with Gasteiger partial charge in [-0.05, 0) is 39.2 Å². The lowest BCUT2D eigenvalue weighted by Crippen LogP contribution is -2.51. The number of nitrogens with zero attached hydrogens (tertiary/aromatic N) is 1. The Balaban J connectivity index is 2.54. The van der Waals surface area contributed by atoms with Crippen molar-refractivity contribution in [3.05, 3.63) is 0 Å². The van der Waals surface area contributed by atoms with Crippen LogP contribution in [-0.4, -0.2) is 35.1 Å². The van der Waals surface area contributed by atoms with Crippen LogP contribution in [0.1, 0.15) is 52.4 Å². The zero-order chi connectivity index (χ0) is 12.2. The highest BCUT2D eigenvalue weighted by Gasteiger charge is 2.36. The zero-order valence-corrected chi connectivity index (χ0v) is 10.8. The molecule has 0 amide bonds. The minimum absolute atomic E-state index is 0.658. The average molecular weight is 227 g/mol. The van der Waals surface area contributed by atoms with Crippen molar-refractivity contribution >= 4 is 5.97 Å². The number of likely N-dealkylation sites (N-methyl/N-ethyl adjacent to an activating group) is 1. The van der Waals surface area contributed by atoms with Crippen LogP contribution in [0, 0.1) is 5.92 Å². The molecule has 0 aromatic carbocycles. The molecule has 1 fully saturated rings. The monoisotopic (exact) mass is 227 g/mol. The van der Waals surface area contributed by atoms with E-state index in [4.69, 9.17) is 0 Å². The number of carboxylic acids is 1. The summed E-state index contributed by atoms with van der Waals surface area (Å²) in [6.07, 6.45) is 7.17. The fraction of sp³-hybridized carbons (Fsp3) is 0.923. The van der Waals surface area contributed by atoms with Crippen LogP contribution in [0.25, 0.3) is 0 Å². The van der Waals surface area contributed by atoms with Crippen molar-refractivity contribution in [3.8, 4) is 0 Å². The molecule has 1 aliphatic carbocycles. The van der Waals surface area contributed by atoms with Gasteiger partial charge in [-0.3, -0.25) is 9.69 Å². The molecule has 3 heteroatoms. The number of carboxylic acid groups (broad SMARTS) is 1.